The molecule has 0 aliphatic carbocycles. The van der Waals surface area contributed by atoms with Gasteiger partial charge in [-0.3, -0.25) is 9.59 Å². The van der Waals surface area contributed by atoms with Gasteiger partial charge in [-0.25, -0.2) is 0 Å². The first-order chi connectivity index (χ1) is 12.5. The number of hydrogen-bond acceptors (Lipinski definition) is 3. The van der Waals surface area contributed by atoms with Gasteiger partial charge in [0.1, 0.15) is 0 Å². The number of thioether (sulfide) groups is 1. The van der Waals surface area contributed by atoms with Crippen LogP contribution in [0.2, 0.25) is 0 Å². The second-order valence-corrected chi connectivity index (χ2v) is 7.71. The lowest BCUT2D eigenvalue weighted by Crippen LogP contribution is -2.22. The summed E-state index contributed by atoms with van der Waals surface area (Å²) in [7, 11) is 0. The monoisotopic (exact) mass is 370 g/mol. The molecule has 1 atom stereocenters. The fourth-order valence-electron chi connectivity index (χ4n) is 2.40. The topological polar surface area (TPSA) is 58.2 Å². The molecule has 26 heavy (non-hydrogen) atoms. The van der Waals surface area contributed by atoms with Crippen molar-refractivity contribution in [2.24, 2.45) is 0 Å². The zero-order valence-corrected chi connectivity index (χ0v) is 16.4. The van der Waals surface area contributed by atoms with E-state index in [-0.39, 0.29) is 17.1 Å². The molecule has 0 fully saturated rings. The summed E-state index contributed by atoms with van der Waals surface area (Å²) < 4.78 is 0. The van der Waals surface area contributed by atoms with Crippen molar-refractivity contribution in [3.05, 3.63) is 54.1 Å². The Balaban J connectivity index is 1.87. The van der Waals surface area contributed by atoms with Crippen molar-refractivity contribution in [3.8, 4) is 0 Å². The largest absolute Gasteiger partial charge is 0.326 e. The van der Waals surface area contributed by atoms with Gasteiger partial charge in [-0.1, -0.05) is 25.5 Å². The minimum atomic E-state index is -0.222. The van der Waals surface area contributed by atoms with Crippen LogP contribution in [0, 0.1) is 6.92 Å². The van der Waals surface area contributed by atoms with E-state index in [1.165, 1.54) is 11.8 Å². The number of anilines is 2. The number of carbonyl (C=O) groups is 2. The van der Waals surface area contributed by atoms with E-state index in [0.717, 1.165) is 34.7 Å². The number of amides is 2. The van der Waals surface area contributed by atoms with Crippen LogP contribution in [0.25, 0.3) is 0 Å². The van der Waals surface area contributed by atoms with E-state index in [1.54, 1.807) is 0 Å². The van der Waals surface area contributed by atoms with Gasteiger partial charge in [0.05, 0.1) is 5.25 Å². The molecule has 0 aromatic heterocycles. The van der Waals surface area contributed by atoms with Crippen molar-refractivity contribution in [1.82, 2.24) is 0 Å². The van der Waals surface area contributed by atoms with E-state index in [1.807, 2.05) is 62.4 Å². The van der Waals surface area contributed by atoms with Crippen LogP contribution in [0.3, 0.4) is 0 Å². The Bertz CT molecular complexity index is 744. The first-order valence-corrected chi connectivity index (χ1v) is 9.80. The van der Waals surface area contributed by atoms with Gasteiger partial charge >= 0.3 is 0 Å². The summed E-state index contributed by atoms with van der Waals surface area (Å²) >= 11 is 1.49. The molecule has 2 aromatic carbocycles. The van der Waals surface area contributed by atoms with E-state index in [9.17, 15) is 9.59 Å². The van der Waals surface area contributed by atoms with Crippen LogP contribution < -0.4 is 10.6 Å². The number of aryl methyl sites for hydroxylation is 1. The smallest absolute Gasteiger partial charge is 0.237 e. The fourth-order valence-corrected chi connectivity index (χ4v) is 3.27. The highest BCUT2D eigenvalue weighted by molar-refractivity contribution is 8.00. The predicted octanol–water partition coefficient (Wildman–Crippen LogP) is 5.24. The lowest BCUT2D eigenvalue weighted by atomic mass is 10.2. The number of nitrogens with one attached hydrogen (secondary N) is 2. The van der Waals surface area contributed by atoms with Crippen molar-refractivity contribution in [3.63, 3.8) is 0 Å². The molecule has 5 heteroatoms. The summed E-state index contributed by atoms with van der Waals surface area (Å²) in [5.74, 6) is 0.00991. The van der Waals surface area contributed by atoms with Crippen molar-refractivity contribution in [2.45, 2.75) is 50.2 Å². The molecule has 0 spiro atoms. The quantitative estimate of drug-likeness (QED) is 0.625. The SMILES string of the molecule is CCCCC(=O)Nc1ccc(SC(C)C(=O)Nc2cccc(C)c2)cc1. The first kappa shape index (κ1) is 20.0. The third kappa shape index (κ3) is 6.56. The van der Waals surface area contributed by atoms with E-state index < -0.39 is 0 Å². The average molecular weight is 371 g/mol. The first-order valence-electron chi connectivity index (χ1n) is 8.92. The minimum absolute atomic E-state index is 0.0301. The highest BCUT2D eigenvalue weighted by atomic mass is 32.2. The molecule has 0 saturated heterocycles. The molecule has 2 N–H and O–H groups in total. The summed E-state index contributed by atoms with van der Waals surface area (Å²) in [4.78, 5) is 25.1. The molecule has 0 saturated carbocycles. The normalized spacial score (nSPS) is 11.7. The molecule has 0 heterocycles. The molecule has 2 aromatic rings. The molecule has 2 amide bonds. The van der Waals surface area contributed by atoms with Gasteiger partial charge < -0.3 is 10.6 Å². The van der Waals surface area contributed by atoms with E-state index in [2.05, 4.69) is 17.6 Å². The maximum atomic E-state index is 12.4. The second kappa shape index (κ2) is 10.0. The third-order valence-corrected chi connectivity index (χ3v) is 4.98. The standard InChI is InChI=1S/C21H26N2O2S/c1-4-5-9-20(24)22-17-10-12-19(13-11-17)26-16(3)21(25)23-18-8-6-7-15(2)14-18/h6-8,10-14,16H,4-5,9H2,1-3H3,(H,22,24)(H,23,25). The molecule has 4 nitrogen and oxygen atoms in total. The Morgan fingerprint density at radius 3 is 2.42 bits per heavy atom. The molecule has 1 unspecified atom stereocenters. The Kier molecular flexibility index (Phi) is 7.73. The maximum Gasteiger partial charge on any atom is 0.237 e. The van der Waals surface area contributed by atoms with E-state index >= 15 is 0 Å². The minimum Gasteiger partial charge on any atom is -0.326 e. The Labute approximate surface area is 159 Å². The van der Waals surface area contributed by atoms with Crippen LogP contribution in [-0.4, -0.2) is 17.1 Å². The lowest BCUT2D eigenvalue weighted by Gasteiger charge is -2.13. The van der Waals surface area contributed by atoms with Gasteiger partial charge in [0.25, 0.3) is 0 Å². The summed E-state index contributed by atoms with van der Waals surface area (Å²) in [6.45, 7) is 5.95. The average Bonchev–Trinajstić information content (AvgIpc) is 2.61. The Hall–Kier alpha value is -2.27. The summed E-state index contributed by atoms with van der Waals surface area (Å²) in [6.07, 6.45) is 2.45. The van der Waals surface area contributed by atoms with Crippen LogP contribution in [0.5, 0.6) is 0 Å². The zero-order valence-electron chi connectivity index (χ0n) is 15.5. The number of rotatable bonds is 8. The van der Waals surface area contributed by atoms with Crippen molar-refractivity contribution in [2.75, 3.05) is 10.6 Å². The number of benzene rings is 2. The highest BCUT2D eigenvalue weighted by Gasteiger charge is 2.14. The van der Waals surface area contributed by atoms with Crippen molar-refractivity contribution in [1.29, 1.82) is 0 Å². The molecule has 138 valence electrons. The van der Waals surface area contributed by atoms with Crippen LogP contribution in [-0.2, 0) is 9.59 Å². The molecule has 0 bridgehead atoms. The molecule has 0 aliphatic heterocycles. The number of carbonyl (C=O) groups excluding carboxylic acids is 2. The summed E-state index contributed by atoms with van der Waals surface area (Å²) in [5, 5.41) is 5.61. The molecule has 0 radical (unpaired) electrons. The van der Waals surface area contributed by atoms with Crippen LogP contribution >= 0.6 is 11.8 Å². The molecular formula is C21H26N2O2S. The second-order valence-electron chi connectivity index (χ2n) is 6.29. The van der Waals surface area contributed by atoms with E-state index in [0.29, 0.717) is 6.42 Å². The lowest BCUT2D eigenvalue weighted by molar-refractivity contribution is -0.116. The summed E-state index contributed by atoms with van der Waals surface area (Å²) in [6, 6.07) is 15.4. The van der Waals surface area contributed by atoms with Crippen LogP contribution in [0.1, 0.15) is 38.7 Å². The van der Waals surface area contributed by atoms with Gasteiger partial charge in [0.15, 0.2) is 0 Å². The van der Waals surface area contributed by atoms with Crippen molar-refractivity contribution >= 4 is 35.0 Å². The van der Waals surface area contributed by atoms with E-state index in [4.69, 9.17) is 0 Å². The molecule has 0 aliphatic rings. The van der Waals surface area contributed by atoms with Crippen LogP contribution in [0.4, 0.5) is 11.4 Å². The molecular weight excluding hydrogens is 344 g/mol. The predicted molar refractivity (Wildman–Crippen MR) is 110 cm³/mol. The molecule has 2 rings (SSSR count). The highest BCUT2D eigenvalue weighted by Crippen LogP contribution is 2.26. The van der Waals surface area contributed by atoms with Gasteiger partial charge in [-0.2, -0.15) is 0 Å². The van der Waals surface area contributed by atoms with Gasteiger partial charge in [-0.05, 0) is 62.2 Å². The fraction of sp³-hybridized carbons (Fsp3) is 0.333. The third-order valence-electron chi connectivity index (χ3n) is 3.86. The zero-order chi connectivity index (χ0) is 18.9. The van der Waals surface area contributed by atoms with Crippen molar-refractivity contribution < 1.29 is 9.59 Å². The number of unbranched alkanes of at least 4 members (excludes halogenated alkanes) is 1. The summed E-state index contributed by atoms with van der Waals surface area (Å²) in [5.41, 5.74) is 2.71. The maximum absolute atomic E-state index is 12.4. The van der Waals surface area contributed by atoms with Gasteiger partial charge in [-0.15, -0.1) is 11.8 Å². The van der Waals surface area contributed by atoms with Gasteiger partial charge in [0.2, 0.25) is 11.8 Å². The van der Waals surface area contributed by atoms with Gasteiger partial charge in [0, 0.05) is 22.7 Å². The number of hydrogen-bond donors (Lipinski definition) is 2. The van der Waals surface area contributed by atoms with Crippen LogP contribution in [0.15, 0.2) is 53.4 Å². The Morgan fingerprint density at radius 1 is 1.04 bits per heavy atom. The Morgan fingerprint density at radius 2 is 1.77 bits per heavy atom.